The summed E-state index contributed by atoms with van der Waals surface area (Å²) in [5.74, 6) is 1.31. The van der Waals surface area contributed by atoms with E-state index in [2.05, 4.69) is 71.9 Å². The van der Waals surface area contributed by atoms with Gasteiger partial charge in [0.05, 0.1) is 0 Å². The van der Waals surface area contributed by atoms with E-state index >= 15 is 0 Å². The second kappa shape index (κ2) is 9.04. The Labute approximate surface area is 146 Å². The van der Waals surface area contributed by atoms with Crippen molar-refractivity contribution >= 4 is 5.96 Å². The van der Waals surface area contributed by atoms with Gasteiger partial charge in [0.25, 0.3) is 0 Å². The van der Waals surface area contributed by atoms with E-state index in [0.29, 0.717) is 5.92 Å². The Morgan fingerprint density at radius 3 is 2.46 bits per heavy atom. The summed E-state index contributed by atoms with van der Waals surface area (Å²) in [6, 6.07) is 10.6. The van der Waals surface area contributed by atoms with Crippen molar-refractivity contribution < 1.29 is 4.74 Å². The molecule has 1 aromatic carbocycles. The van der Waals surface area contributed by atoms with E-state index in [4.69, 9.17) is 4.74 Å². The number of nitrogens with one attached hydrogen (secondary N) is 2. The number of ether oxygens (including phenoxy) is 1. The van der Waals surface area contributed by atoms with Crippen LogP contribution in [0.15, 0.2) is 35.3 Å². The van der Waals surface area contributed by atoms with Crippen LogP contribution in [-0.4, -0.2) is 63.8 Å². The first-order valence-electron chi connectivity index (χ1n) is 8.82. The molecule has 0 spiro atoms. The van der Waals surface area contributed by atoms with Crippen molar-refractivity contribution in [2.75, 3.05) is 47.4 Å². The normalized spacial score (nSPS) is 19.1. The summed E-state index contributed by atoms with van der Waals surface area (Å²) in [7, 11) is 6.14. The van der Waals surface area contributed by atoms with Crippen LogP contribution in [0.3, 0.4) is 0 Å². The number of hydrogen-bond acceptors (Lipinski definition) is 3. The third kappa shape index (κ3) is 4.95. The van der Waals surface area contributed by atoms with Gasteiger partial charge in [0, 0.05) is 38.9 Å². The highest BCUT2D eigenvalue weighted by Gasteiger charge is 2.34. The van der Waals surface area contributed by atoms with Gasteiger partial charge in [0.15, 0.2) is 5.96 Å². The van der Waals surface area contributed by atoms with E-state index in [1.807, 2.05) is 7.05 Å². The molecule has 134 valence electrons. The molecule has 1 aliphatic heterocycles. The van der Waals surface area contributed by atoms with Crippen molar-refractivity contribution in [1.82, 2.24) is 15.5 Å². The number of guanidine groups is 1. The predicted octanol–water partition coefficient (Wildman–Crippen LogP) is 2.07. The zero-order chi connectivity index (χ0) is 17.4. The molecule has 2 N–H and O–H groups in total. The Morgan fingerprint density at radius 2 is 1.88 bits per heavy atom. The second-order valence-electron chi connectivity index (χ2n) is 6.85. The van der Waals surface area contributed by atoms with Crippen LogP contribution in [0, 0.1) is 0 Å². The smallest absolute Gasteiger partial charge is 0.191 e. The molecule has 0 amide bonds. The Morgan fingerprint density at radius 1 is 1.21 bits per heavy atom. The molecule has 5 nitrogen and oxygen atoms in total. The Hall–Kier alpha value is -1.59. The van der Waals surface area contributed by atoms with Crippen LogP contribution in [0.2, 0.25) is 0 Å². The molecule has 1 saturated heterocycles. The van der Waals surface area contributed by atoms with Crippen LogP contribution in [0.4, 0.5) is 0 Å². The second-order valence-corrected chi connectivity index (χ2v) is 6.85. The van der Waals surface area contributed by atoms with Gasteiger partial charge in [-0.2, -0.15) is 0 Å². The van der Waals surface area contributed by atoms with Gasteiger partial charge in [-0.3, -0.25) is 4.99 Å². The first-order chi connectivity index (χ1) is 11.6. The molecule has 1 fully saturated rings. The molecule has 0 saturated carbocycles. The fourth-order valence-corrected chi connectivity index (χ4v) is 3.15. The highest BCUT2D eigenvalue weighted by molar-refractivity contribution is 5.79. The van der Waals surface area contributed by atoms with Crippen LogP contribution in [0.5, 0.6) is 0 Å². The van der Waals surface area contributed by atoms with E-state index in [9.17, 15) is 0 Å². The minimum absolute atomic E-state index is 0.140. The molecule has 0 aliphatic carbocycles. The van der Waals surface area contributed by atoms with Crippen molar-refractivity contribution in [3.8, 4) is 0 Å². The minimum Gasteiger partial charge on any atom is -0.381 e. The molecule has 5 heteroatoms. The minimum atomic E-state index is 0.140. The first-order valence-corrected chi connectivity index (χ1v) is 8.82. The van der Waals surface area contributed by atoms with Gasteiger partial charge in [0.1, 0.15) is 0 Å². The monoisotopic (exact) mass is 332 g/mol. The maximum absolute atomic E-state index is 5.54. The Kier molecular flexibility index (Phi) is 7.06. The molecule has 2 rings (SSSR count). The van der Waals surface area contributed by atoms with Crippen molar-refractivity contribution in [2.24, 2.45) is 4.99 Å². The van der Waals surface area contributed by atoms with Gasteiger partial charge >= 0.3 is 0 Å². The van der Waals surface area contributed by atoms with Crippen molar-refractivity contribution in [3.63, 3.8) is 0 Å². The molecular formula is C19H32N4O. The van der Waals surface area contributed by atoms with Crippen LogP contribution < -0.4 is 10.6 Å². The lowest BCUT2D eigenvalue weighted by atomic mass is 9.88. The summed E-state index contributed by atoms with van der Waals surface area (Å²) in [6.07, 6.45) is 2.09. The molecule has 0 radical (unpaired) electrons. The van der Waals surface area contributed by atoms with Crippen LogP contribution in [-0.2, 0) is 4.74 Å². The maximum Gasteiger partial charge on any atom is 0.191 e. The van der Waals surface area contributed by atoms with Gasteiger partial charge in [0.2, 0.25) is 0 Å². The fourth-order valence-electron chi connectivity index (χ4n) is 3.15. The van der Waals surface area contributed by atoms with Crippen molar-refractivity contribution in [3.05, 3.63) is 35.9 Å². The van der Waals surface area contributed by atoms with Crippen LogP contribution >= 0.6 is 0 Å². The van der Waals surface area contributed by atoms with E-state index in [-0.39, 0.29) is 5.54 Å². The number of hydrogen-bond donors (Lipinski definition) is 2. The summed E-state index contributed by atoms with van der Waals surface area (Å²) in [5, 5.41) is 6.96. The van der Waals surface area contributed by atoms with Crippen LogP contribution in [0.25, 0.3) is 0 Å². The van der Waals surface area contributed by atoms with Gasteiger partial charge in [-0.15, -0.1) is 0 Å². The lowest BCUT2D eigenvalue weighted by molar-refractivity contribution is -0.00501. The average molecular weight is 332 g/mol. The zero-order valence-corrected chi connectivity index (χ0v) is 15.5. The predicted molar refractivity (Wildman–Crippen MR) is 101 cm³/mol. The van der Waals surface area contributed by atoms with Crippen molar-refractivity contribution in [1.29, 1.82) is 0 Å². The Bertz CT molecular complexity index is 509. The molecule has 0 aromatic heterocycles. The molecule has 1 aliphatic rings. The number of rotatable bonds is 6. The molecule has 0 bridgehead atoms. The Balaban J connectivity index is 1.85. The summed E-state index contributed by atoms with van der Waals surface area (Å²) in [5.41, 5.74) is 1.48. The molecular weight excluding hydrogens is 300 g/mol. The van der Waals surface area contributed by atoms with Gasteiger partial charge in [-0.1, -0.05) is 37.3 Å². The molecule has 24 heavy (non-hydrogen) atoms. The molecule has 1 aromatic rings. The lowest BCUT2D eigenvalue weighted by Gasteiger charge is -2.43. The number of likely N-dealkylation sites (N-methyl/N-ethyl adjacent to an activating group) is 1. The average Bonchev–Trinajstić information content (AvgIpc) is 2.63. The van der Waals surface area contributed by atoms with E-state index < -0.39 is 0 Å². The first kappa shape index (κ1) is 18.7. The van der Waals surface area contributed by atoms with Crippen LogP contribution in [0.1, 0.15) is 31.2 Å². The highest BCUT2D eigenvalue weighted by Crippen LogP contribution is 2.25. The van der Waals surface area contributed by atoms with E-state index in [1.165, 1.54) is 5.56 Å². The van der Waals surface area contributed by atoms with Crippen molar-refractivity contribution in [2.45, 2.75) is 31.2 Å². The topological polar surface area (TPSA) is 48.9 Å². The quantitative estimate of drug-likeness (QED) is 0.618. The summed E-state index contributed by atoms with van der Waals surface area (Å²) >= 11 is 0. The lowest BCUT2D eigenvalue weighted by Crippen LogP contribution is -2.57. The third-order valence-electron chi connectivity index (χ3n) is 5.12. The molecule has 1 atom stereocenters. The van der Waals surface area contributed by atoms with Gasteiger partial charge < -0.3 is 20.3 Å². The third-order valence-corrected chi connectivity index (χ3v) is 5.12. The zero-order valence-electron chi connectivity index (χ0n) is 15.5. The summed E-state index contributed by atoms with van der Waals surface area (Å²) in [6.45, 7) is 5.63. The highest BCUT2D eigenvalue weighted by atomic mass is 16.5. The maximum atomic E-state index is 5.54. The SMILES string of the molecule is CN=C(NCC(C)c1ccccc1)NCC1(N(C)C)CCOCC1. The van der Waals surface area contributed by atoms with Gasteiger partial charge in [-0.05, 0) is 38.4 Å². The summed E-state index contributed by atoms with van der Waals surface area (Å²) in [4.78, 5) is 6.69. The van der Waals surface area contributed by atoms with E-state index in [1.54, 1.807) is 0 Å². The fraction of sp³-hybridized carbons (Fsp3) is 0.632. The number of benzene rings is 1. The molecule has 1 unspecified atom stereocenters. The number of aliphatic imine (C=N–C) groups is 1. The largest absolute Gasteiger partial charge is 0.381 e. The van der Waals surface area contributed by atoms with E-state index in [0.717, 1.165) is 45.1 Å². The number of nitrogens with zero attached hydrogens (tertiary/aromatic N) is 2. The standard InChI is InChI=1S/C19H32N4O/c1-16(17-8-6-5-7-9-17)14-21-18(20-2)22-15-19(23(3)4)10-12-24-13-11-19/h5-9,16H,10-15H2,1-4H3,(H2,20,21,22). The van der Waals surface area contributed by atoms with Gasteiger partial charge in [-0.25, -0.2) is 0 Å². The molecule has 1 heterocycles. The summed E-state index contributed by atoms with van der Waals surface area (Å²) < 4.78 is 5.54.